The van der Waals surface area contributed by atoms with Crippen LogP contribution in [0.15, 0.2) is 30.5 Å². The maximum Gasteiger partial charge on any atom is 0.225 e. The number of nitrogens with two attached hydrogens (primary N) is 2. The minimum Gasteiger partial charge on any atom is -0.470 e. The quantitative estimate of drug-likeness (QED) is 0.608. The Balaban J connectivity index is 1.29. The van der Waals surface area contributed by atoms with E-state index in [0.717, 1.165) is 67.7 Å². The number of hydrogen-bond donors (Lipinski definition) is 3. The molecule has 1 aromatic carbocycles. The predicted molar refractivity (Wildman–Crippen MR) is 111 cm³/mol. The lowest BCUT2D eigenvalue weighted by molar-refractivity contribution is 0.0728. The number of rotatable bonds is 3. The number of fused-ring (bicyclic) bond motifs is 1. The van der Waals surface area contributed by atoms with Crippen molar-refractivity contribution in [3.05, 3.63) is 47.4 Å². The van der Waals surface area contributed by atoms with E-state index in [9.17, 15) is 4.39 Å². The highest BCUT2D eigenvalue weighted by Gasteiger charge is 2.42. The summed E-state index contributed by atoms with van der Waals surface area (Å²) in [5.74, 6) is 0.841. The van der Waals surface area contributed by atoms with Crippen LogP contribution in [-0.2, 0) is 13.0 Å². The van der Waals surface area contributed by atoms with E-state index in [1.165, 1.54) is 12.1 Å². The lowest BCUT2D eigenvalue weighted by Crippen LogP contribution is -2.36. The van der Waals surface area contributed by atoms with Gasteiger partial charge in [0.25, 0.3) is 0 Å². The summed E-state index contributed by atoms with van der Waals surface area (Å²) in [5.41, 5.74) is 15.3. The molecule has 2 aliphatic rings. The zero-order valence-corrected chi connectivity index (χ0v) is 16.6. The molecule has 0 aliphatic carbocycles. The Morgan fingerprint density at radius 3 is 2.80 bits per heavy atom. The van der Waals surface area contributed by atoms with Gasteiger partial charge in [0.15, 0.2) is 0 Å². The molecule has 1 fully saturated rings. The van der Waals surface area contributed by atoms with E-state index < -0.39 is 0 Å². The first-order valence-corrected chi connectivity index (χ1v) is 10.1. The number of likely N-dealkylation sites (tertiary alicyclic amines) is 1. The van der Waals surface area contributed by atoms with Crippen LogP contribution in [0.4, 0.5) is 16.2 Å². The summed E-state index contributed by atoms with van der Waals surface area (Å²) in [6, 6.07) is 6.47. The lowest BCUT2D eigenvalue weighted by atomic mass is 9.90. The summed E-state index contributed by atoms with van der Waals surface area (Å²) < 4.78 is 19.5. The van der Waals surface area contributed by atoms with Gasteiger partial charge in [-0.2, -0.15) is 15.1 Å². The number of halogens is 1. The smallest absolute Gasteiger partial charge is 0.225 e. The second-order valence-corrected chi connectivity index (χ2v) is 8.12. The van der Waals surface area contributed by atoms with Crippen molar-refractivity contribution in [2.24, 2.45) is 0 Å². The summed E-state index contributed by atoms with van der Waals surface area (Å²) >= 11 is 0. The van der Waals surface area contributed by atoms with Crippen LogP contribution < -0.4 is 16.2 Å². The standard InChI is InChI=1S/C21H24FN7O/c22-15-4-2-13(3-5-15)17-14(11-25-28-17)12-29-8-1-6-21(7-9-29)10-16-18(23)26-20(24)27-19(16)30-21/h2-5,11H,1,6-10,12H2,(H,25,28)(H4,23,24,26,27)/t21-/m0/s1. The van der Waals surface area contributed by atoms with Crippen molar-refractivity contribution in [3.63, 3.8) is 0 Å². The number of anilines is 2. The van der Waals surface area contributed by atoms with Crippen molar-refractivity contribution in [2.75, 3.05) is 24.6 Å². The highest BCUT2D eigenvalue weighted by atomic mass is 19.1. The largest absolute Gasteiger partial charge is 0.470 e. The summed E-state index contributed by atoms with van der Waals surface area (Å²) in [4.78, 5) is 10.7. The fourth-order valence-corrected chi connectivity index (χ4v) is 4.51. The van der Waals surface area contributed by atoms with Gasteiger partial charge in [-0.25, -0.2) is 4.39 Å². The Bertz CT molecular complexity index is 1070. The minimum atomic E-state index is -0.302. The Morgan fingerprint density at radius 2 is 1.97 bits per heavy atom. The lowest BCUT2D eigenvalue weighted by Gasteiger charge is -2.27. The van der Waals surface area contributed by atoms with E-state index in [-0.39, 0.29) is 17.4 Å². The third-order valence-electron chi connectivity index (χ3n) is 6.07. The van der Waals surface area contributed by atoms with Crippen LogP contribution in [0.25, 0.3) is 11.3 Å². The molecule has 156 valence electrons. The van der Waals surface area contributed by atoms with Crippen molar-refractivity contribution in [2.45, 2.75) is 37.8 Å². The van der Waals surface area contributed by atoms with Gasteiger partial charge in [0, 0.05) is 37.1 Å². The molecule has 0 saturated carbocycles. The molecule has 2 aliphatic heterocycles. The average molecular weight is 409 g/mol. The molecule has 1 atom stereocenters. The Morgan fingerprint density at radius 1 is 1.13 bits per heavy atom. The van der Waals surface area contributed by atoms with Crippen LogP contribution in [-0.4, -0.2) is 43.8 Å². The zero-order chi connectivity index (χ0) is 20.7. The molecule has 5 rings (SSSR count). The van der Waals surface area contributed by atoms with Crippen LogP contribution in [0.3, 0.4) is 0 Å². The first-order valence-electron chi connectivity index (χ1n) is 10.1. The highest BCUT2D eigenvalue weighted by Crippen LogP contribution is 2.42. The first kappa shape index (κ1) is 18.8. The molecule has 5 N–H and O–H groups in total. The molecule has 30 heavy (non-hydrogen) atoms. The molecule has 0 bridgehead atoms. The topological polar surface area (TPSA) is 119 Å². The van der Waals surface area contributed by atoms with E-state index in [0.29, 0.717) is 11.7 Å². The number of aromatic nitrogens is 4. The van der Waals surface area contributed by atoms with Gasteiger partial charge in [0.05, 0.1) is 17.5 Å². The molecule has 1 spiro atoms. The number of nitrogens with zero attached hydrogens (tertiary/aromatic N) is 4. The number of hydrogen-bond acceptors (Lipinski definition) is 7. The summed E-state index contributed by atoms with van der Waals surface area (Å²) in [6.07, 6.45) is 5.36. The van der Waals surface area contributed by atoms with Gasteiger partial charge in [0.1, 0.15) is 17.2 Å². The number of H-pyrrole nitrogens is 1. The summed E-state index contributed by atoms with van der Waals surface area (Å²) in [5, 5.41) is 7.27. The molecule has 8 nitrogen and oxygen atoms in total. The fourth-order valence-electron chi connectivity index (χ4n) is 4.51. The summed E-state index contributed by atoms with van der Waals surface area (Å²) in [6.45, 7) is 2.60. The summed E-state index contributed by atoms with van der Waals surface area (Å²) in [7, 11) is 0. The van der Waals surface area contributed by atoms with E-state index in [1.807, 2.05) is 6.20 Å². The molecule has 0 radical (unpaired) electrons. The highest BCUT2D eigenvalue weighted by molar-refractivity contribution is 5.62. The van der Waals surface area contributed by atoms with E-state index >= 15 is 0 Å². The normalized spacial score (nSPS) is 21.4. The number of nitrogen functional groups attached to an aromatic ring is 2. The third kappa shape index (κ3) is 3.45. The first-order chi connectivity index (χ1) is 14.5. The molecule has 3 aromatic rings. The van der Waals surface area contributed by atoms with Gasteiger partial charge in [-0.3, -0.25) is 10.00 Å². The molecule has 0 unspecified atom stereocenters. The van der Waals surface area contributed by atoms with Crippen LogP contribution in [0, 0.1) is 5.82 Å². The van der Waals surface area contributed by atoms with Crippen LogP contribution in [0.5, 0.6) is 5.88 Å². The average Bonchev–Trinajstić information content (AvgIpc) is 3.26. The molecule has 1 saturated heterocycles. The molecule has 9 heteroatoms. The van der Waals surface area contributed by atoms with Gasteiger partial charge in [-0.05, 0) is 43.7 Å². The molecule has 2 aromatic heterocycles. The van der Waals surface area contributed by atoms with Crippen molar-refractivity contribution in [1.29, 1.82) is 0 Å². The van der Waals surface area contributed by atoms with Crippen molar-refractivity contribution >= 4 is 11.8 Å². The van der Waals surface area contributed by atoms with Gasteiger partial charge in [0.2, 0.25) is 11.8 Å². The second kappa shape index (κ2) is 7.24. The van der Waals surface area contributed by atoms with Gasteiger partial charge < -0.3 is 16.2 Å². The van der Waals surface area contributed by atoms with E-state index in [2.05, 4.69) is 25.1 Å². The van der Waals surface area contributed by atoms with Gasteiger partial charge >= 0.3 is 0 Å². The molecular formula is C21H24FN7O. The van der Waals surface area contributed by atoms with Crippen LogP contribution >= 0.6 is 0 Å². The third-order valence-corrected chi connectivity index (χ3v) is 6.07. The van der Waals surface area contributed by atoms with Gasteiger partial charge in [-0.15, -0.1) is 0 Å². The Labute approximate surface area is 173 Å². The number of ether oxygens (including phenoxy) is 1. The van der Waals surface area contributed by atoms with Crippen molar-refractivity contribution in [1.82, 2.24) is 25.1 Å². The minimum absolute atomic E-state index is 0.145. The van der Waals surface area contributed by atoms with E-state index in [1.54, 1.807) is 12.1 Å². The number of aromatic amines is 1. The molecule has 0 amide bonds. The predicted octanol–water partition coefficient (Wildman–Crippen LogP) is 2.53. The fraction of sp³-hybridized carbons (Fsp3) is 0.381. The van der Waals surface area contributed by atoms with E-state index in [4.69, 9.17) is 16.2 Å². The Hall–Kier alpha value is -3.20. The SMILES string of the molecule is Nc1nc(N)c2c(n1)O[C@]1(CCCN(Cc3cn[nH]c3-c3ccc(F)cc3)CC1)C2. The maximum absolute atomic E-state index is 13.3. The molecule has 4 heterocycles. The van der Waals surface area contributed by atoms with Crippen LogP contribution in [0.1, 0.15) is 30.4 Å². The van der Waals surface area contributed by atoms with Crippen LogP contribution in [0.2, 0.25) is 0 Å². The van der Waals surface area contributed by atoms with Gasteiger partial charge in [-0.1, -0.05) is 0 Å². The van der Waals surface area contributed by atoms with Crippen molar-refractivity contribution in [3.8, 4) is 17.1 Å². The number of nitrogens with one attached hydrogen (secondary N) is 1. The van der Waals surface area contributed by atoms with Crippen molar-refractivity contribution < 1.29 is 9.13 Å². The monoisotopic (exact) mass is 409 g/mol. The second-order valence-electron chi connectivity index (χ2n) is 8.12. The Kier molecular flexibility index (Phi) is 4.54. The number of benzene rings is 1. The molecular weight excluding hydrogens is 385 g/mol. The maximum atomic E-state index is 13.3. The zero-order valence-electron chi connectivity index (χ0n) is 16.6.